The van der Waals surface area contributed by atoms with Crippen molar-refractivity contribution in [2.75, 3.05) is 49.6 Å². The third kappa shape index (κ3) is 4.97. The van der Waals surface area contributed by atoms with E-state index in [4.69, 9.17) is 4.74 Å². The Morgan fingerprint density at radius 2 is 1.71 bits per heavy atom. The van der Waals surface area contributed by atoms with Crippen LogP contribution >= 0.6 is 0 Å². The Balaban J connectivity index is 1.46. The zero-order valence-electron chi connectivity index (χ0n) is 16.2. The summed E-state index contributed by atoms with van der Waals surface area (Å²) in [5.41, 5.74) is 1.15. The number of anilines is 2. The molecule has 2 heterocycles. The number of ether oxygens (including phenoxy) is 1. The number of benzene rings is 1. The number of nitrogens with zero attached hydrogens (tertiary/aromatic N) is 5. The molecule has 0 spiro atoms. The summed E-state index contributed by atoms with van der Waals surface area (Å²) in [4.78, 5) is 38.5. The molecule has 1 aliphatic heterocycles. The van der Waals surface area contributed by atoms with Crippen LogP contribution < -0.4 is 9.80 Å². The molecule has 0 bridgehead atoms. The van der Waals surface area contributed by atoms with Crippen LogP contribution in [0.2, 0.25) is 0 Å². The van der Waals surface area contributed by atoms with Crippen LogP contribution in [0.25, 0.3) is 0 Å². The van der Waals surface area contributed by atoms with Crippen LogP contribution in [0.3, 0.4) is 0 Å². The third-order valence-electron chi connectivity index (χ3n) is 4.63. The van der Waals surface area contributed by atoms with Crippen LogP contribution in [0.1, 0.15) is 6.92 Å². The van der Waals surface area contributed by atoms with Crippen molar-refractivity contribution >= 4 is 23.5 Å². The first-order valence-electron chi connectivity index (χ1n) is 9.31. The van der Waals surface area contributed by atoms with Gasteiger partial charge in [-0.25, -0.2) is 9.97 Å². The standard InChI is InChI=1S/C20H25N5O3/c1-16(28-18(26)15-23(2)20-21-9-6-10-22-20)19(27)25-13-11-24(12-14-25)17-7-4-3-5-8-17/h3-10,16H,11-15H2,1-2H3. The first-order valence-corrected chi connectivity index (χ1v) is 9.31. The normalized spacial score (nSPS) is 15.1. The molecule has 0 saturated carbocycles. The first kappa shape index (κ1) is 19.6. The molecule has 1 aromatic heterocycles. The molecule has 1 unspecified atom stereocenters. The maximum atomic E-state index is 12.6. The van der Waals surface area contributed by atoms with Gasteiger partial charge in [-0.15, -0.1) is 0 Å². The minimum Gasteiger partial charge on any atom is -0.451 e. The van der Waals surface area contributed by atoms with Crippen molar-refractivity contribution in [3.63, 3.8) is 0 Å². The number of para-hydroxylation sites is 1. The number of aromatic nitrogens is 2. The van der Waals surface area contributed by atoms with Gasteiger partial charge in [-0.2, -0.15) is 0 Å². The minimum atomic E-state index is -0.819. The Hall–Kier alpha value is -3.16. The molecule has 3 rings (SSSR count). The number of piperazine rings is 1. The van der Waals surface area contributed by atoms with Gasteiger partial charge < -0.3 is 19.4 Å². The van der Waals surface area contributed by atoms with Crippen molar-refractivity contribution in [1.82, 2.24) is 14.9 Å². The Morgan fingerprint density at radius 3 is 2.36 bits per heavy atom. The van der Waals surface area contributed by atoms with Gasteiger partial charge in [-0.05, 0) is 25.1 Å². The van der Waals surface area contributed by atoms with E-state index in [9.17, 15) is 9.59 Å². The summed E-state index contributed by atoms with van der Waals surface area (Å²) < 4.78 is 5.33. The molecule has 8 nitrogen and oxygen atoms in total. The molecule has 148 valence electrons. The lowest BCUT2D eigenvalue weighted by molar-refractivity contribution is -0.158. The number of esters is 1. The second kappa shape index (κ2) is 9.16. The lowest BCUT2D eigenvalue weighted by atomic mass is 10.2. The summed E-state index contributed by atoms with van der Waals surface area (Å²) in [6, 6.07) is 11.8. The second-order valence-corrected chi connectivity index (χ2v) is 6.68. The molecular formula is C20H25N5O3. The number of hydrogen-bond acceptors (Lipinski definition) is 7. The maximum Gasteiger partial charge on any atom is 0.326 e. The Kier molecular flexibility index (Phi) is 6.41. The van der Waals surface area contributed by atoms with E-state index in [1.807, 2.05) is 18.2 Å². The lowest BCUT2D eigenvalue weighted by Gasteiger charge is -2.37. The van der Waals surface area contributed by atoms with E-state index in [0.717, 1.165) is 18.8 Å². The smallest absolute Gasteiger partial charge is 0.326 e. The highest BCUT2D eigenvalue weighted by Gasteiger charge is 2.27. The van der Waals surface area contributed by atoms with Crippen molar-refractivity contribution in [2.45, 2.75) is 13.0 Å². The summed E-state index contributed by atoms with van der Waals surface area (Å²) in [5.74, 6) is -0.228. The highest BCUT2D eigenvalue weighted by Crippen LogP contribution is 2.16. The molecule has 1 aromatic carbocycles. The molecule has 0 radical (unpaired) electrons. The van der Waals surface area contributed by atoms with Crippen LogP contribution in [-0.4, -0.2) is 72.6 Å². The largest absolute Gasteiger partial charge is 0.451 e. The molecule has 0 N–H and O–H groups in total. The van der Waals surface area contributed by atoms with E-state index >= 15 is 0 Å². The van der Waals surface area contributed by atoms with Gasteiger partial charge in [0.25, 0.3) is 5.91 Å². The van der Waals surface area contributed by atoms with Crippen LogP contribution in [-0.2, 0) is 14.3 Å². The highest BCUT2D eigenvalue weighted by atomic mass is 16.5. The van der Waals surface area contributed by atoms with E-state index in [-0.39, 0.29) is 12.5 Å². The van der Waals surface area contributed by atoms with E-state index in [2.05, 4.69) is 27.0 Å². The van der Waals surface area contributed by atoms with E-state index in [0.29, 0.717) is 19.0 Å². The number of carbonyl (C=O) groups is 2. The van der Waals surface area contributed by atoms with Crippen LogP contribution in [0.4, 0.5) is 11.6 Å². The number of rotatable bonds is 6. The Morgan fingerprint density at radius 1 is 1.07 bits per heavy atom. The van der Waals surface area contributed by atoms with Gasteiger partial charge in [0.1, 0.15) is 6.54 Å². The number of hydrogen-bond donors (Lipinski definition) is 0. The van der Waals surface area contributed by atoms with Gasteiger partial charge in [0.05, 0.1) is 0 Å². The zero-order chi connectivity index (χ0) is 19.9. The van der Waals surface area contributed by atoms with Gasteiger partial charge in [-0.3, -0.25) is 9.59 Å². The molecule has 2 aromatic rings. The topological polar surface area (TPSA) is 78.9 Å². The first-order chi connectivity index (χ1) is 13.5. The van der Waals surface area contributed by atoms with Crippen LogP contribution in [0, 0.1) is 0 Å². The summed E-state index contributed by atoms with van der Waals surface area (Å²) >= 11 is 0. The molecular weight excluding hydrogens is 358 g/mol. The van der Waals surface area contributed by atoms with Gasteiger partial charge in [0.2, 0.25) is 5.95 Å². The molecule has 1 atom stereocenters. The van der Waals surface area contributed by atoms with E-state index < -0.39 is 12.1 Å². The predicted octanol–water partition coefficient (Wildman–Crippen LogP) is 1.19. The van der Waals surface area contributed by atoms with Gasteiger partial charge in [-0.1, -0.05) is 18.2 Å². The fourth-order valence-corrected chi connectivity index (χ4v) is 3.12. The SMILES string of the molecule is CC(OC(=O)CN(C)c1ncccn1)C(=O)N1CCN(c2ccccc2)CC1. The van der Waals surface area contributed by atoms with Crippen molar-refractivity contribution in [3.05, 3.63) is 48.8 Å². The quantitative estimate of drug-likeness (QED) is 0.694. The molecule has 8 heteroatoms. The highest BCUT2D eigenvalue weighted by molar-refractivity contribution is 5.84. The Labute approximate surface area is 164 Å². The molecule has 1 fully saturated rings. The van der Waals surface area contributed by atoms with Gasteiger partial charge in [0.15, 0.2) is 6.10 Å². The number of likely N-dealkylation sites (N-methyl/N-ethyl adjacent to an activating group) is 1. The average molecular weight is 383 g/mol. The van der Waals surface area contributed by atoms with Crippen LogP contribution in [0.5, 0.6) is 0 Å². The molecule has 0 aliphatic carbocycles. The average Bonchev–Trinajstić information content (AvgIpc) is 2.74. The second-order valence-electron chi connectivity index (χ2n) is 6.68. The summed E-state index contributed by atoms with van der Waals surface area (Å²) in [5, 5.41) is 0. The molecule has 1 aliphatic rings. The molecule has 28 heavy (non-hydrogen) atoms. The maximum absolute atomic E-state index is 12.6. The van der Waals surface area contributed by atoms with Gasteiger partial charge >= 0.3 is 5.97 Å². The number of amides is 1. The van der Waals surface area contributed by atoms with Crippen LogP contribution in [0.15, 0.2) is 48.8 Å². The fraction of sp³-hybridized carbons (Fsp3) is 0.400. The predicted molar refractivity (Wildman–Crippen MR) is 106 cm³/mol. The van der Waals surface area contributed by atoms with Crippen molar-refractivity contribution < 1.29 is 14.3 Å². The fourth-order valence-electron chi connectivity index (χ4n) is 3.12. The minimum absolute atomic E-state index is 0.0244. The van der Waals surface area contributed by atoms with Crippen molar-refractivity contribution in [2.24, 2.45) is 0 Å². The lowest BCUT2D eigenvalue weighted by Crippen LogP contribution is -2.52. The van der Waals surface area contributed by atoms with E-state index in [1.165, 1.54) is 0 Å². The van der Waals surface area contributed by atoms with Gasteiger partial charge in [0, 0.05) is 51.3 Å². The molecule has 1 saturated heterocycles. The third-order valence-corrected chi connectivity index (χ3v) is 4.63. The summed E-state index contributed by atoms with van der Waals surface area (Å²) in [7, 11) is 1.70. The number of carbonyl (C=O) groups excluding carboxylic acids is 2. The van der Waals surface area contributed by atoms with E-state index in [1.54, 1.807) is 42.2 Å². The zero-order valence-corrected chi connectivity index (χ0v) is 16.2. The van der Waals surface area contributed by atoms with Crippen molar-refractivity contribution in [1.29, 1.82) is 0 Å². The summed E-state index contributed by atoms with van der Waals surface area (Å²) in [6.45, 7) is 4.31. The molecule has 1 amide bonds. The Bertz CT molecular complexity index is 779. The monoisotopic (exact) mass is 383 g/mol. The summed E-state index contributed by atoms with van der Waals surface area (Å²) in [6.07, 6.45) is 2.39. The van der Waals surface area contributed by atoms with Crippen molar-refractivity contribution in [3.8, 4) is 0 Å².